The molecule has 0 spiro atoms. The molecule has 178 valence electrons. The van der Waals surface area contributed by atoms with Crippen LogP contribution in [-0.2, 0) is 6.54 Å². The van der Waals surface area contributed by atoms with E-state index in [1.165, 1.54) is 19.3 Å². The van der Waals surface area contributed by atoms with Crippen LogP contribution in [0.3, 0.4) is 0 Å². The number of aliphatic hydroxyl groups excluding tert-OH is 1. The van der Waals surface area contributed by atoms with Crippen molar-refractivity contribution >= 4 is 10.9 Å². The van der Waals surface area contributed by atoms with Crippen molar-refractivity contribution in [1.82, 2.24) is 30.1 Å². The van der Waals surface area contributed by atoms with Gasteiger partial charge in [-0.25, -0.2) is 4.68 Å². The van der Waals surface area contributed by atoms with Crippen LogP contribution in [0.2, 0.25) is 0 Å². The Labute approximate surface area is 195 Å². The molecule has 3 aromatic rings. The van der Waals surface area contributed by atoms with Gasteiger partial charge in [0.25, 0.3) is 5.56 Å². The standard InChI is InChI=1S/C25H36N6O2/c1-16(2)23(24-27-28-29-31(24)21-8-6-5-7-9-21)30(12-13-32)15-20-14-19-11-10-17(3)18(4)22(19)26-25(20)33/h10-11,14,16,21,23,32H,5-9,12-13,15H2,1-4H3,(H,26,33)/t23-/m0/s1. The number of pyridine rings is 1. The Kier molecular flexibility index (Phi) is 7.24. The zero-order valence-electron chi connectivity index (χ0n) is 20.2. The molecule has 2 heterocycles. The average Bonchev–Trinajstić information content (AvgIpc) is 3.27. The van der Waals surface area contributed by atoms with Crippen molar-refractivity contribution in [3.05, 3.63) is 51.1 Å². The summed E-state index contributed by atoms with van der Waals surface area (Å²) in [5.41, 5.74) is 3.73. The summed E-state index contributed by atoms with van der Waals surface area (Å²) in [6, 6.07) is 6.32. The maximum absolute atomic E-state index is 13.0. The zero-order chi connectivity index (χ0) is 23.5. The lowest BCUT2D eigenvalue weighted by molar-refractivity contribution is 0.103. The molecule has 2 N–H and O–H groups in total. The van der Waals surface area contributed by atoms with Crippen molar-refractivity contribution in [2.24, 2.45) is 5.92 Å². The summed E-state index contributed by atoms with van der Waals surface area (Å²) < 4.78 is 2.00. The van der Waals surface area contributed by atoms with E-state index < -0.39 is 0 Å². The molecule has 1 aliphatic rings. The smallest absolute Gasteiger partial charge is 0.252 e. The molecule has 2 aromatic heterocycles. The number of benzene rings is 1. The van der Waals surface area contributed by atoms with E-state index in [4.69, 9.17) is 0 Å². The van der Waals surface area contributed by atoms with Crippen LogP contribution in [0.5, 0.6) is 0 Å². The molecule has 8 heteroatoms. The number of aromatic amines is 1. The molecule has 0 radical (unpaired) electrons. The van der Waals surface area contributed by atoms with Gasteiger partial charge in [-0.2, -0.15) is 0 Å². The number of hydrogen-bond acceptors (Lipinski definition) is 6. The lowest BCUT2D eigenvalue weighted by Gasteiger charge is -2.34. The highest BCUT2D eigenvalue weighted by Crippen LogP contribution is 2.33. The van der Waals surface area contributed by atoms with Crippen molar-refractivity contribution in [2.45, 2.75) is 78.4 Å². The molecule has 0 saturated heterocycles. The number of hydrogen-bond donors (Lipinski definition) is 2. The lowest BCUT2D eigenvalue weighted by atomic mass is 9.94. The first-order valence-electron chi connectivity index (χ1n) is 12.2. The summed E-state index contributed by atoms with van der Waals surface area (Å²) in [7, 11) is 0. The fourth-order valence-electron chi connectivity index (χ4n) is 5.22. The molecule has 0 unspecified atom stereocenters. The van der Waals surface area contributed by atoms with E-state index in [9.17, 15) is 9.90 Å². The average molecular weight is 453 g/mol. The topological polar surface area (TPSA) is 99.9 Å². The van der Waals surface area contributed by atoms with Gasteiger partial charge in [-0.3, -0.25) is 9.69 Å². The normalized spacial score (nSPS) is 16.2. The third kappa shape index (κ3) is 4.87. The third-order valence-electron chi connectivity index (χ3n) is 7.12. The number of H-pyrrole nitrogens is 1. The number of nitrogens with one attached hydrogen (secondary N) is 1. The highest BCUT2D eigenvalue weighted by Gasteiger charge is 2.32. The predicted octanol–water partition coefficient (Wildman–Crippen LogP) is 3.83. The van der Waals surface area contributed by atoms with Crippen molar-refractivity contribution in [3.63, 3.8) is 0 Å². The Balaban J connectivity index is 1.70. The molecular formula is C25H36N6O2. The molecule has 1 fully saturated rings. The summed E-state index contributed by atoms with van der Waals surface area (Å²) in [6.07, 6.45) is 5.84. The van der Waals surface area contributed by atoms with E-state index in [-0.39, 0.29) is 24.1 Å². The highest BCUT2D eigenvalue weighted by atomic mass is 16.3. The maximum atomic E-state index is 13.0. The molecule has 0 bridgehead atoms. The molecule has 0 amide bonds. The number of tetrazole rings is 1. The third-order valence-corrected chi connectivity index (χ3v) is 7.12. The Bertz CT molecular complexity index is 1150. The van der Waals surface area contributed by atoms with Crippen molar-refractivity contribution in [2.75, 3.05) is 13.2 Å². The largest absolute Gasteiger partial charge is 0.395 e. The van der Waals surface area contributed by atoms with Crippen LogP contribution < -0.4 is 5.56 Å². The number of aliphatic hydroxyl groups is 1. The second-order valence-corrected chi connectivity index (χ2v) is 9.75. The Morgan fingerprint density at radius 3 is 2.67 bits per heavy atom. The van der Waals surface area contributed by atoms with E-state index in [2.05, 4.69) is 51.4 Å². The Morgan fingerprint density at radius 2 is 1.97 bits per heavy atom. The molecular weight excluding hydrogens is 416 g/mol. The van der Waals surface area contributed by atoms with Gasteiger partial charge in [0, 0.05) is 18.7 Å². The van der Waals surface area contributed by atoms with Gasteiger partial charge < -0.3 is 10.1 Å². The summed E-state index contributed by atoms with van der Waals surface area (Å²) in [5, 5.41) is 23.7. The number of nitrogens with zero attached hydrogens (tertiary/aromatic N) is 5. The number of fused-ring (bicyclic) bond motifs is 1. The quantitative estimate of drug-likeness (QED) is 0.539. The Hall–Kier alpha value is -2.58. The summed E-state index contributed by atoms with van der Waals surface area (Å²) in [5.74, 6) is 1.03. The molecule has 1 aliphatic carbocycles. The van der Waals surface area contributed by atoms with Gasteiger partial charge in [0.15, 0.2) is 5.82 Å². The van der Waals surface area contributed by atoms with Crippen LogP contribution in [-0.4, -0.2) is 48.3 Å². The fourth-order valence-corrected chi connectivity index (χ4v) is 5.22. The lowest BCUT2D eigenvalue weighted by Crippen LogP contribution is -2.38. The summed E-state index contributed by atoms with van der Waals surface area (Å²) in [6.45, 7) is 9.22. The predicted molar refractivity (Wildman–Crippen MR) is 129 cm³/mol. The highest BCUT2D eigenvalue weighted by molar-refractivity contribution is 5.83. The van der Waals surface area contributed by atoms with E-state index in [0.717, 1.165) is 40.7 Å². The van der Waals surface area contributed by atoms with Crippen LogP contribution in [0.15, 0.2) is 23.0 Å². The van der Waals surface area contributed by atoms with Crippen LogP contribution in [0, 0.1) is 19.8 Å². The maximum Gasteiger partial charge on any atom is 0.252 e. The van der Waals surface area contributed by atoms with Crippen molar-refractivity contribution in [1.29, 1.82) is 0 Å². The minimum absolute atomic E-state index is 0.00198. The number of aromatic nitrogens is 5. The van der Waals surface area contributed by atoms with Gasteiger partial charge in [-0.05, 0) is 65.6 Å². The molecule has 1 aromatic carbocycles. The molecule has 8 nitrogen and oxygen atoms in total. The second-order valence-electron chi connectivity index (χ2n) is 9.75. The van der Waals surface area contributed by atoms with Gasteiger partial charge in [0.2, 0.25) is 0 Å². The van der Waals surface area contributed by atoms with Crippen LogP contribution in [0.25, 0.3) is 10.9 Å². The SMILES string of the molecule is Cc1ccc2cc(CN(CCO)[C@H](c3nnnn3C3CCCCC3)C(C)C)c(=O)[nH]c2c1C. The van der Waals surface area contributed by atoms with Gasteiger partial charge in [0.05, 0.1) is 24.2 Å². The summed E-state index contributed by atoms with van der Waals surface area (Å²) >= 11 is 0. The first-order valence-corrected chi connectivity index (χ1v) is 12.2. The van der Waals surface area contributed by atoms with E-state index >= 15 is 0 Å². The number of aryl methyl sites for hydroxylation is 2. The monoisotopic (exact) mass is 452 g/mol. The fraction of sp³-hybridized carbons (Fsp3) is 0.600. The molecule has 4 rings (SSSR count). The van der Waals surface area contributed by atoms with Gasteiger partial charge >= 0.3 is 0 Å². The number of rotatable bonds is 8. The summed E-state index contributed by atoms with van der Waals surface area (Å²) in [4.78, 5) is 18.3. The van der Waals surface area contributed by atoms with E-state index in [1.54, 1.807) is 0 Å². The first-order chi connectivity index (χ1) is 15.9. The minimum Gasteiger partial charge on any atom is -0.395 e. The van der Waals surface area contributed by atoms with Gasteiger partial charge in [0.1, 0.15) is 0 Å². The van der Waals surface area contributed by atoms with E-state index in [1.807, 2.05) is 24.6 Å². The van der Waals surface area contributed by atoms with Gasteiger partial charge in [-0.15, -0.1) is 5.10 Å². The first kappa shape index (κ1) is 23.6. The minimum atomic E-state index is -0.107. The molecule has 1 atom stereocenters. The molecule has 33 heavy (non-hydrogen) atoms. The second kappa shape index (κ2) is 10.1. The van der Waals surface area contributed by atoms with Gasteiger partial charge in [-0.1, -0.05) is 45.2 Å². The van der Waals surface area contributed by atoms with Crippen LogP contribution in [0.4, 0.5) is 0 Å². The molecule has 0 aliphatic heterocycles. The van der Waals surface area contributed by atoms with Crippen molar-refractivity contribution in [3.8, 4) is 0 Å². The van der Waals surface area contributed by atoms with E-state index in [0.29, 0.717) is 24.7 Å². The zero-order valence-corrected chi connectivity index (χ0v) is 20.2. The van der Waals surface area contributed by atoms with Crippen LogP contribution >= 0.6 is 0 Å². The van der Waals surface area contributed by atoms with Crippen LogP contribution in [0.1, 0.15) is 80.6 Å². The van der Waals surface area contributed by atoms with Crippen molar-refractivity contribution < 1.29 is 5.11 Å². The molecule has 1 saturated carbocycles. The Morgan fingerprint density at radius 1 is 1.21 bits per heavy atom.